The lowest BCUT2D eigenvalue weighted by molar-refractivity contribution is -0.137. The second-order valence-electron chi connectivity index (χ2n) is 8.38. The summed E-state index contributed by atoms with van der Waals surface area (Å²) >= 11 is 0. The van der Waals surface area contributed by atoms with Crippen LogP contribution in [-0.2, 0) is 20.9 Å². The number of carbonyl (C=O) groups excluding carboxylic acids is 2. The van der Waals surface area contributed by atoms with Gasteiger partial charge in [-0.3, -0.25) is 4.79 Å². The Bertz CT molecular complexity index is 1250. The van der Waals surface area contributed by atoms with Crippen molar-refractivity contribution in [1.82, 2.24) is 25.5 Å². The minimum atomic E-state index is -0.404. The normalized spacial score (nSPS) is 20.6. The van der Waals surface area contributed by atoms with Gasteiger partial charge in [0.15, 0.2) is 0 Å². The van der Waals surface area contributed by atoms with Gasteiger partial charge >= 0.3 is 5.97 Å². The molecule has 2 aliphatic rings. The van der Waals surface area contributed by atoms with Crippen LogP contribution in [0.1, 0.15) is 25.3 Å². The number of fused-ring (bicyclic) bond motifs is 1. The number of allylic oxidation sites excluding steroid dienone is 3. The van der Waals surface area contributed by atoms with Gasteiger partial charge in [-0.15, -0.1) is 10.2 Å². The summed E-state index contributed by atoms with van der Waals surface area (Å²) in [5, 5.41) is 14.4. The first-order chi connectivity index (χ1) is 16.7. The monoisotopic (exact) mass is 455 g/mol. The third-order valence-electron chi connectivity index (χ3n) is 6.38. The van der Waals surface area contributed by atoms with Crippen molar-refractivity contribution in [2.45, 2.75) is 26.3 Å². The second kappa shape index (κ2) is 9.43. The van der Waals surface area contributed by atoms with E-state index in [0.29, 0.717) is 25.4 Å². The van der Waals surface area contributed by atoms with Crippen LogP contribution in [-0.4, -0.2) is 44.0 Å². The van der Waals surface area contributed by atoms with Crippen molar-refractivity contribution in [3.63, 3.8) is 0 Å². The summed E-state index contributed by atoms with van der Waals surface area (Å²) in [4.78, 5) is 27.2. The molecule has 1 N–H and O–H groups in total. The molecule has 8 nitrogen and oxygen atoms in total. The molecule has 8 heteroatoms. The lowest BCUT2D eigenvalue weighted by Gasteiger charge is -2.21. The van der Waals surface area contributed by atoms with E-state index in [4.69, 9.17) is 4.74 Å². The first-order valence-corrected chi connectivity index (χ1v) is 11.4. The number of nitrogens with one attached hydrogen (secondary N) is 1. The van der Waals surface area contributed by atoms with Gasteiger partial charge < -0.3 is 9.64 Å². The van der Waals surface area contributed by atoms with Gasteiger partial charge in [-0.05, 0) is 41.7 Å². The molecule has 1 aliphatic heterocycles. The Hall–Kier alpha value is -4.07. The smallest absolute Gasteiger partial charge is 0.332 e. The highest BCUT2D eigenvalue weighted by Gasteiger charge is 2.44. The van der Waals surface area contributed by atoms with E-state index < -0.39 is 5.97 Å². The van der Waals surface area contributed by atoms with Crippen molar-refractivity contribution in [1.29, 1.82) is 0 Å². The van der Waals surface area contributed by atoms with Gasteiger partial charge in [0.2, 0.25) is 11.7 Å². The fourth-order valence-electron chi connectivity index (χ4n) is 4.78. The molecular formula is C26H25N5O3. The maximum atomic E-state index is 13.2. The van der Waals surface area contributed by atoms with E-state index in [0.717, 1.165) is 34.4 Å². The van der Waals surface area contributed by atoms with Crippen molar-refractivity contribution in [3.8, 4) is 22.5 Å². The van der Waals surface area contributed by atoms with E-state index in [9.17, 15) is 9.59 Å². The topological polar surface area (TPSA) is 101 Å². The summed E-state index contributed by atoms with van der Waals surface area (Å²) in [6.07, 6.45) is 7.10. The number of aromatic amines is 1. The molecule has 1 aliphatic carbocycles. The summed E-state index contributed by atoms with van der Waals surface area (Å²) in [5.74, 6) is 0.0949. The van der Waals surface area contributed by atoms with E-state index in [-0.39, 0.29) is 17.7 Å². The zero-order chi connectivity index (χ0) is 23.5. The average Bonchev–Trinajstić information content (AvgIpc) is 3.49. The van der Waals surface area contributed by atoms with Crippen LogP contribution in [0, 0.1) is 11.8 Å². The number of rotatable bonds is 6. The van der Waals surface area contributed by atoms with Crippen LogP contribution in [0.5, 0.6) is 0 Å². The SMILES string of the molecule is CCOC(=O)/C=C1\C2CC=CCC2C(=O)N1Cc1ccc(-c2ccccc2-c2nn[nH]n2)cc1. The van der Waals surface area contributed by atoms with Crippen LogP contribution in [0.2, 0.25) is 0 Å². The van der Waals surface area contributed by atoms with E-state index in [1.54, 1.807) is 11.8 Å². The molecule has 2 atom stereocenters. The third kappa shape index (κ3) is 4.14. The quantitative estimate of drug-likeness (QED) is 0.344. The van der Waals surface area contributed by atoms with Crippen molar-refractivity contribution >= 4 is 11.9 Å². The van der Waals surface area contributed by atoms with Crippen molar-refractivity contribution < 1.29 is 14.3 Å². The zero-order valence-corrected chi connectivity index (χ0v) is 18.8. The number of esters is 1. The van der Waals surface area contributed by atoms with Crippen molar-refractivity contribution in [2.24, 2.45) is 11.8 Å². The molecule has 2 aromatic carbocycles. The zero-order valence-electron chi connectivity index (χ0n) is 18.8. The van der Waals surface area contributed by atoms with E-state index in [2.05, 4.69) is 32.8 Å². The number of tetrazole rings is 1. The molecule has 172 valence electrons. The maximum absolute atomic E-state index is 13.2. The molecule has 1 saturated heterocycles. The van der Waals surface area contributed by atoms with E-state index >= 15 is 0 Å². The van der Waals surface area contributed by atoms with E-state index in [1.807, 2.05) is 48.5 Å². The predicted molar refractivity (Wildman–Crippen MR) is 126 cm³/mol. The Kier molecular flexibility index (Phi) is 6.03. The number of nitrogens with zero attached hydrogens (tertiary/aromatic N) is 4. The minimum absolute atomic E-state index is 0.0167. The first kappa shape index (κ1) is 21.8. The molecule has 1 fully saturated rings. The first-order valence-electron chi connectivity index (χ1n) is 11.4. The number of likely N-dealkylation sites (tertiary alicyclic amines) is 1. The predicted octanol–water partition coefficient (Wildman–Crippen LogP) is 3.91. The van der Waals surface area contributed by atoms with Crippen LogP contribution in [0.15, 0.2) is 72.5 Å². The Morgan fingerprint density at radius 1 is 1.09 bits per heavy atom. The summed E-state index contributed by atoms with van der Waals surface area (Å²) in [6.45, 7) is 2.49. The minimum Gasteiger partial charge on any atom is -0.463 e. The maximum Gasteiger partial charge on any atom is 0.332 e. The molecule has 34 heavy (non-hydrogen) atoms. The summed E-state index contributed by atoms with van der Waals surface area (Å²) in [6, 6.07) is 16.0. The third-order valence-corrected chi connectivity index (χ3v) is 6.38. The Balaban J connectivity index is 1.41. The molecule has 2 unspecified atom stereocenters. The number of hydrogen-bond donors (Lipinski definition) is 1. The summed E-state index contributed by atoms with van der Waals surface area (Å²) < 4.78 is 5.14. The van der Waals surface area contributed by atoms with Crippen LogP contribution >= 0.6 is 0 Å². The fourth-order valence-corrected chi connectivity index (χ4v) is 4.78. The molecule has 0 bridgehead atoms. The second-order valence-corrected chi connectivity index (χ2v) is 8.38. The number of H-pyrrole nitrogens is 1. The van der Waals surface area contributed by atoms with Gasteiger partial charge in [-0.1, -0.05) is 60.7 Å². The molecule has 0 radical (unpaired) electrons. The summed E-state index contributed by atoms with van der Waals surface area (Å²) in [7, 11) is 0. The van der Waals surface area contributed by atoms with Crippen LogP contribution in [0.25, 0.3) is 22.5 Å². The van der Waals surface area contributed by atoms with Crippen molar-refractivity contribution in [2.75, 3.05) is 6.61 Å². The number of ether oxygens (including phenoxy) is 1. The van der Waals surface area contributed by atoms with Crippen LogP contribution in [0.4, 0.5) is 0 Å². The summed E-state index contributed by atoms with van der Waals surface area (Å²) in [5.41, 5.74) is 4.62. The molecule has 5 rings (SSSR count). The van der Waals surface area contributed by atoms with Crippen LogP contribution in [0.3, 0.4) is 0 Å². The molecule has 1 aromatic heterocycles. The van der Waals surface area contributed by atoms with Gasteiger partial charge in [0.05, 0.1) is 19.1 Å². The fraction of sp³-hybridized carbons (Fsp3) is 0.269. The van der Waals surface area contributed by atoms with Gasteiger partial charge in [-0.2, -0.15) is 5.21 Å². The van der Waals surface area contributed by atoms with Gasteiger partial charge in [0.25, 0.3) is 0 Å². The van der Waals surface area contributed by atoms with Gasteiger partial charge in [-0.25, -0.2) is 4.79 Å². The lowest BCUT2D eigenvalue weighted by Crippen LogP contribution is -2.26. The van der Waals surface area contributed by atoms with Gasteiger partial charge in [0, 0.05) is 23.3 Å². The highest BCUT2D eigenvalue weighted by molar-refractivity contribution is 5.89. The number of benzene rings is 2. The molecular weight excluding hydrogens is 430 g/mol. The molecule has 0 saturated carbocycles. The Morgan fingerprint density at radius 2 is 1.82 bits per heavy atom. The molecule has 1 amide bonds. The highest BCUT2D eigenvalue weighted by atomic mass is 16.5. The molecule has 3 aromatic rings. The average molecular weight is 456 g/mol. The highest BCUT2D eigenvalue weighted by Crippen LogP contribution is 2.42. The van der Waals surface area contributed by atoms with E-state index in [1.165, 1.54) is 6.08 Å². The Morgan fingerprint density at radius 3 is 2.53 bits per heavy atom. The molecule has 2 heterocycles. The largest absolute Gasteiger partial charge is 0.463 e. The number of carbonyl (C=O) groups is 2. The van der Waals surface area contributed by atoms with Crippen LogP contribution < -0.4 is 0 Å². The number of amides is 1. The van der Waals surface area contributed by atoms with Crippen molar-refractivity contribution in [3.05, 3.63) is 78.0 Å². The lowest BCUT2D eigenvalue weighted by atomic mass is 9.84. The standard InChI is InChI=1S/C26H25N5O3/c1-2-34-24(32)15-23-20-8-4-6-10-22(20)26(33)31(23)16-17-11-13-18(14-12-17)19-7-3-5-9-21(19)25-27-29-30-28-25/h3-7,9,11-15,20,22H,2,8,10,16H2,1H3,(H,27,28,29,30)/b23-15+. The van der Waals surface area contributed by atoms with Gasteiger partial charge in [0.1, 0.15) is 0 Å². The molecule has 0 spiro atoms. The Labute approximate surface area is 197 Å². The number of hydrogen-bond acceptors (Lipinski definition) is 6. The number of aromatic nitrogens is 4.